The summed E-state index contributed by atoms with van der Waals surface area (Å²) in [5.41, 5.74) is 4.65. The van der Waals surface area contributed by atoms with Crippen molar-refractivity contribution in [2.45, 2.75) is 79.9 Å². The zero-order valence-electron chi connectivity index (χ0n) is 21.3. The second-order valence-electron chi connectivity index (χ2n) is 9.72. The molecular weight excluding hydrogens is 454 g/mol. The SMILES string of the molecule is CC(C=CC1=C(C)CCCC1(C)C)=CC=CC(C)=CC(=O)N[C@@H](CS(=O)(=O)O)C(=O)OC(C)C. The van der Waals surface area contributed by atoms with E-state index in [0.717, 1.165) is 12.0 Å². The van der Waals surface area contributed by atoms with Gasteiger partial charge in [-0.25, -0.2) is 4.79 Å². The lowest BCUT2D eigenvalue weighted by molar-refractivity contribution is -0.150. The van der Waals surface area contributed by atoms with Crippen molar-refractivity contribution in [3.05, 3.63) is 58.7 Å². The Balaban J connectivity index is 2.83. The summed E-state index contributed by atoms with van der Waals surface area (Å²) in [6.07, 6.45) is 14.0. The molecule has 34 heavy (non-hydrogen) atoms. The van der Waals surface area contributed by atoms with Crippen molar-refractivity contribution in [2.75, 3.05) is 5.75 Å². The Morgan fingerprint density at radius 3 is 2.38 bits per heavy atom. The maximum Gasteiger partial charge on any atom is 0.330 e. The Kier molecular flexibility index (Phi) is 11.2. The minimum Gasteiger partial charge on any atom is -0.461 e. The molecule has 1 amide bonds. The Hall–Kier alpha value is -2.45. The molecule has 1 aliphatic rings. The minimum absolute atomic E-state index is 0.177. The van der Waals surface area contributed by atoms with Gasteiger partial charge in [-0.3, -0.25) is 9.35 Å². The third-order valence-electron chi connectivity index (χ3n) is 5.46. The molecule has 0 aromatic carbocycles. The maximum atomic E-state index is 12.3. The van der Waals surface area contributed by atoms with Crippen LogP contribution in [0.1, 0.15) is 67.7 Å². The van der Waals surface area contributed by atoms with Crippen molar-refractivity contribution in [1.82, 2.24) is 5.32 Å². The van der Waals surface area contributed by atoms with Gasteiger partial charge in [0.25, 0.3) is 10.1 Å². The van der Waals surface area contributed by atoms with E-state index in [-0.39, 0.29) is 5.41 Å². The molecule has 1 atom stereocenters. The first-order chi connectivity index (χ1) is 15.6. The van der Waals surface area contributed by atoms with E-state index < -0.39 is 39.9 Å². The van der Waals surface area contributed by atoms with Gasteiger partial charge >= 0.3 is 5.97 Å². The fourth-order valence-corrected chi connectivity index (χ4v) is 4.43. The van der Waals surface area contributed by atoms with Gasteiger partial charge in [-0.1, -0.05) is 55.4 Å². The van der Waals surface area contributed by atoms with Gasteiger partial charge in [0, 0.05) is 6.08 Å². The molecule has 0 aromatic rings. The minimum atomic E-state index is -4.49. The van der Waals surface area contributed by atoms with Crippen LogP contribution in [0.15, 0.2) is 58.7 Å². The lowest BCUT2D eigenvalue weighted by Crippen LogP contribution is -2.46. The molecule has 0 unspecified atom stereocenters. The fraction of sp³-hybridized carbons (Fsp3) is 0.538. The molecule has 1 rings (SSSR count). The molecule has 0 saturated carbocycles. The Morgan fingerprint density at radius 2 is 1.82 bits per heavy atom. The number of esters is 1. The van der Waals surface area contributed by atoms with E-state index in [0.29, 0.717) is 5.57 Å². The van der Waals surface area contributed by atoms with E-state index in [2.05, 4.69) is 38.2 Å². The van der Waals surface area contributed by atoms with Gasteiger partial charge in [0.2, 0.25) is 5.91 Å². The number of hydrogen-bond acceptors (Lipinski definition) is 5. The number of carbonyl (C=O) groups is 2. The van der Waals surface area contributed by atoms with Crippen molar-refractivity contribution < 1.29 is 27.3 Å². The highest BCUT2D eigenvalue weighted by Gasteiger charge is 2.28. The van der Waals surface area contributed by atoms with Crippen molar-refractivity contribution in [3.8, 4) is 0 Å². The third kappa shape index (κ3) is 11.1. The molecule has 2 N–H and O–H groups in total. The van der Waals surface area contributed by atoms with Crippen LogP contribution in [0.3, 0.4) is 0 Å². The predicted molar refractivity (Wildman–Crippen MR) is 136 cm³/mol. The molecule has 190 valence electrons. The molecule has 0 aliphatic heterocycles. The lowest BCUT2D eigenvalue weighted by atomic mass is 9.72. The average molecular weight is 494 g/mol. The van der Waals surface area contributed by atoms with Crippen molar-refractivity contribution in [1.29, 1.82) is 0 Å². The number of ether oxygens (including phenoxy) is 1. The summed E-state index contributed by atoms with van der Waals surface area (Å²) >= 11 is 0. The highest BCUT2D eigenvalue weighted by molar-refractivity contribution is 7.85. The van der Waals surface area contributed by atoms with Crippen LogP contribution >= 0.6 is 0 Å². The molecule has 0 radical (unpaired) electrons. The zero-order valence-corrected chi connectivity index (χ0v) is 22.2. The van der Waals surface area contributed by atoms with Crippen LogP contribution in [-0.2, 0) is 24.4 Å². The largest absolute Gasteiger partial charge is 0.461 e. The summed E-state index contributed by atoms with van der Waals surface area (Å²) in [7, 11) is -4.49. The molecule has 8 heteroatoms. The van der Waals surface area contributed by atoms with E-state index in [4.69, 9.17) is 9.29 Å². The van der Waals surface area contributed by atoms with Crippen LogP contribution in [0, 0.1) is 5.41 Å². The highest BCUT2D eigenvalue weighted by Crippen LogP contribution is 2.40. The van der Waals surface area contributed by atoms with Crippen molar-refractivity contribution >= 4 is 22.0 Å². The first kappa shape index (κ1) is 29.6. The standard InChI is InChI=1S/C26H39NO6S/c1-18(2)33-25(29)23(17-34(30,31)32)27-24(28)16-20(4)11-8-10-19(3)13-14-22-21(5)12-9-15-26(22,6)7/h8,10-11,13-14,16,18,23H,9,12,15,17H2,1-7H3,(H,27,28)(H,30,31,32)/t23-/m0/s1. The Labute approximate surface area is 204 Å². The van der Waals surface area contributed by atoms with Crippen LogP contribution in [0.4, 0.5) is 0 Å². The quantitative estimate of drug-likeness (QED) is 0.195. The average Bonchev–Trinajstić information content (AvgIpc) is 2.64. The lowest BCUT2D eigenvalue weighted by Gasteiger charge is -2.32. The van der Waals surface area contributed by atoms with E-state index in [1.165, 1.54) is 30.1 Å². The normalized spacial score (nSPS) is 18.6. The second kappa shape index (κ2) is 12.9. The zero-order chi connectivity index (χ0) is 26.1. The van der Waals surface area contributed by atoms with Crippen LogP contribution < -0.4 is 5.32 Å². The Morgan fingerprint density at radius 1 is 1.18 bits per heavy atom. The third-order valence-corrected chi connectivity index (χ3v) is 6.22. The number of carbonyl (C=O) groups excluding carboxylic acids is 2. The number of allylic oxidation sites excluding steroid dienone is 9. The van der Waals surface area contributed by atoms with E-state index in [1.54, 1.807) is 26.8 Å². The van der Waals surface area contributed by atoms with Gasteiger partial charge in [0.15, 0.2) is 0 Å². The van der Waals surface area contributed by atoms with Gasteiger partial charge in [-0.2, -0.15) is 8.42 Å². The summed E-state index contributed by atoms with van der Waals surface area (Å²) in [5, 5.41) is 2.28. The number of hydrogen-bond donors (Lipinski definition) is 2. The molecule has 7 nitrogen and oxygen atoms in total. The molecular formula is C26H39NO6S. The van der Waals surface area contributed by atoms with Crippen LogP contribution in [-0.4, -0.2) is 42.7 Å². The molecule has 0 spiro atoms. The van der Waals surface area contributed by atoms with Crippen LogP contribution in [0.5, 0.6) is 0 Å². The van der Waals surface area contributed by atoms with Gasteiger partial charge in [0.05, 0.1) is 6.10 Å². The van der Waals surface area contributed by atoms with E-state index >= 15 is 0 Å². The molecule has 0 heterocycles. The number of amides is 1. The fourth-order valence-electron chi connectivity index (χ4n) is 3.79. The smallest absolute Gasteiger partial charge is 0.330 e. The monoisotopic (exact) mass is 493 g/mol. The van der Waals surface area contributed by atoms with Gasteiger partial charge in [-0.15, -0.1) is 0 Å². The first-order valence-electron chi connectivity index (χ1n) is 11.5. The van der Waals surface area contributed by atoms with Crippen LogP contribution in [0.25, 0.3) is 0 Å². The summed E-state index contributed by atoms with van der Waals surface area (Å²) < 4.78 is 36.4. The highest BCUT2D eigenvalue weighted by atomic mass is 32.2. The second-order valence-corrected chi connectivity index (χ2v) is 11.2. The summed E-state index contributed by atoms with van der Waals surface area (Å²) in [5.74, 6) is -2.56. The molecule has 0 bridgehead atoms. The summed E-state index contributed by atoms with van der Waals surface area (Å²) in [4.78, 5) is 24.3. The molecule has 0 fully saturated rings. The molecule has 0 saturated heterocycles. The van der Waals surface area contributed by atoms with Crippen molar-refractivity contribution in [2.24, 2.45) is 5.41 Å². The van der Waals surface area contributed by atoms with E-state index in [9.17, 15) is 18.0 Å². The van der Waals surface area contributed by atoms with Crippen LogP contribution in [0.2, 0.25) is 0 Å². The predicted octanol–water partition coefficient (Wildman–Crippen LogP) is 4.84. The Bertz CT molecular complexity index is 1010. The molecule has 1 aliphatic carbocycles. The van der Waals surface area contributed by atoms with Crippen molar-refractivity contribution in [3.63, 3.8) is 0 Å². The number of nitrogens with one attached hydrogen (secondary N) is 1. The summed E-state index contributed by atoms with van der Waals surface area (Å²) in [6.45, 7) is 13.6. The topological polar surface area (TPSA) is 110 Å². The van der Waals surface area contributed by atoms with Gasteiger partial charge < -0.3 is 10.1 Å². The van der Waals surface area contributed by atoms with E-state index in [1.807, 2.05) is 19.1 Å². The van der Waals surface area contributed by atoms with Gasteiger partial charge in [0.1, 0.15) is 11.8 Å². The maximum absolute atomic E-state index is 12.3. The molecule has 0 aromatic heterocycles. The summed E-state index contributed by atoms with van der Waals surface area (Å²) in [6, 6.07) is -1.51. The first-order valence-corrected chi connectivity index (χ1v) is 13.1. The number of rotatable bonds is 10. The van der Waals surface area contributed by atoms with Gasteiger partial charge in [-0.05, 0) is 70.4 Å².